The highest BCUT2D eigenvalue weighted by Gasteiger charge is 2.21. The number of alkyl carbamates (subject to hydrolysis) is 2. The highest BCUT2D eigenvalue weighted by atomic mass is 16.6. The van der Waals surface area contributed by atoms with Gasteiger partial charge in [-0.05, 0) is 26.7 Å². The molecule has 0 aromatic heterocycles. The maximum atomic E-state index is 12.7. The summed E-state index contributed by atoms with van der Waals surface area (Å²) in [6.07, 6.45) is 24.4. The van der Waals surface area contributed by atoms with Gasteiger partial charge in [-0.15, -0.1) is 0 Å². The van der Waals surface area contributed by atoms with E-state index in [2.05, 4.69) is 24.5 Å². The molecule has 0 bridgehead atoms. The van der Waals surface area contributed by atoms with Crippen LogP contribution in [-0.2, 0) is 38.0 Å². The van der Waals surface area contributed by atoms with E-state index in [9.17, 15) is 19.2 Å². The first kappa shape index (κ1) is 53.4. The summed E-state index contributed by atoms with van der Waals surface area (Å²) in [5.41, 5.74) is -0.958. The Balaban J connectivity index is 4.37. The van der Waals surface area contributed by atoms with Crippen LogP contribution in [0.25, 0.3) is 0 Å². The quantitative estimate of drug-likeness (QED) is 0.0307. The maximum Gasteiger partial charge on any atom is 0.407 e. The standard InChI is InChI=1S/C43H82N2O11/c1-5-7-9-11-13-15-17-19-21-23-25-27-39(47)53-35-38(55-40(48)28-26-24-22-20-18-16-14-12-10-8-6-2)36-54-41(49)44-29-31-51-33-34-52-32-30-45-42(50)56-43(3,4)37-46/h38,46H,5-37H2,1-4H3,(H,44,49)(H,45,50)/t38-/m1/s1. The summed E-state index contributed by atoms with van der Waals surface area (Å²) in [6, 6.07) is 0. The third-order valence-electron chi connectivity index (χ3n) is 9.25. The molecule has 0 unspecified atom stereocenters. The molecule has 56 heavy (non-hydrogen) atoms. The predicted octanol–water partition coefficient (Wildman–Crippen LogP) is 9.10. The van der Waals surface area contributed by atoms with Crippen LogP contribution in [0.15, 0.2) is 0 Å². The second-order valence-corrected chi connectivity index (χ2v) is 15.4. The molecular formula is C43H82N2O11. The molecule has 0 spiro atoms. The normalized spacial score (nSPS) is 11.9. The summed E-state index contributed by atoms with van der Waals surface area (Å²) in [7, 11) is 0. The second-order valence-electron chi connectivity index (χ2n) is 15.4. The minimum atomic E-state index is -0.958. The molecule has 0 aliphatic heterocycles. The molecule has 13 nitrogen and oxygen atoms in total. The summed E-state index contributed by atoms with van der Waals surface area (Å²) >= 11 is 0. The third-order valence-corrected chi connectivity index (χ3v) is 9.25. The van der Waals surface area contributed by atoms with Gasteiger partial charge in [0.25, 0.3) is 0 Å². The SMILES string of the molecule is CCCCCCCCCCCCCC(=O)OC[C@H](COC(=O)NCCOCCOCCNC(=O)OC(C)(C)CO)OC(=O)CCCCCCCCCCCCC. The van der Waals surface area contributed by atoms with Crippen molar-refractivity contribution in [1.82, 2.24) is 10.6 Å². The second kappa shape index (κ2) is 39.2. The number of carbonyl (C=O) groups is 4. The van der Waals surface area contributed by atoms with E-state index in [0.29, 0.717) is 6.42 Å². The molecule has 0 radical (unpaired) electrons. The van der Waals surface area contributed by atoms with E-state index < -0.39 is 29.9 Å². The van der Waals surface area contributed by atoms with Gasteiger partial charge in [-0.2, -0.15) is 0 Å². The van der Waals surface area contributed by atoms with Crippen molar-refractivity contribution >= 4 is 24.1 Å². The Hall–Kier alpha value is -2.64. The van der Waals surface area contributed by atoms with E-state index in [1.165, 1.54) is 103 Å². The number of ether oxygens (including phenoxy) is 6. The van der Waals surface area contributed by atoms with Gasteiger partial charge in [-0.3, -0.25) is 9.59 Å². The van der Waals surface area contributed by atoms with Gasteiger partial charge in [-0.1, -0.05) is 142 Å². The van der Waals surface area contributed by atoms with Gasteiger partial charge in [0.1, 0.15) is 18.8 Å². The van der Waals surface area contributed by atoms with Crippen LogP contribution in [0.2, 0.25) is 0 Å². The summed E-state index contributed by atoms with van der Waals surface area (Å²) in [4.78, 5) is 49.1. The first-order valence-corrected chi connectivity index (χ1v) is 22.1. The van der Waals surface area contributed by atoms with E-state index >= 15 is 0 Å². The largest absolute Gasteiger partial charge is 0.462 e. The zero-order valence-electron chi connectivity index (χ0n) is 35.9. The number of esters is 2. The Morgan fingerprint density at radius 1 is 0.518 bits per heavy atom. The van der Waals surface area contributed by atoms with Crippen molar-refractivity contribution in [1.29, 1.82) is 0 Å². The van der Waals surface area contributed by atoms with Crippen LogP contribution in [0.5, 0.6) is 0 Å². The van der Waals surface area contributed by atoms with Crippen molar-refractivity contribution in [3.05, 3.63) is 0 Å². The molecular weight excluding hydrogens is 720 g/mol. The average molecular weight is 803 g/mol. The molecule has 0 aromatic carbocycles. The van der Waals surface area contributed by atoms with Gasteiger partial charge < -0.3 is 44.2 Å². The van der Waals surface area contributed by atoms with Crippen LogP contribution < -0.4 is 10.6 Å². The van der Waals surface area contributed by atoms with Gasteiger partial charge in [0.05, 0.1) is 33.0 Å². The first-order valence-electron chi connectivity index (χ1n) is 22.1. The number of unbranched alkanes of at least 4 members (excludes halogenated alkanes) is 20. The number of hydrogen-bond donors (Lipinski definition) is 3. The summed E-state index contributed by atoms with van der Waals surface area (Å²) in [6.45, 7) is 8.42. The van der Waals surface area contributed by atoms with E-state index in [1.54, 1.807) is 13.8 Å². The Bertz CT molecular complexity index is 951. The van der Waals surface area contributed by atoms with E-state index in [0.717, 1.165) is 38.5 Å². The molecule has 0 heterocycles. The van der Waals surface area contributed by atoms with Gasteiger partial charge in [-0.25, -0.2) is 9.59 Å². The zero-order valence-corrected chi connectivity index (χ0v) is 35.9. The number of carbonyl (C=O) groups excluding carboxylic acids is 4. The molecule has 0 aliphatic carbocycles. The molecule has 3 N–H and O–H groups in total. The highest BCUT2D eigenvalue weighted by Crippen LogP contribution is 2.14. The number of aliphatic hydroxyl groups excluding tert-OH is 1. The summed E-state index contributed by atoms with van der Waals surface area (Å²) in [5.74, 6) is -0.743. The van der Waals surface area contributed by atoms with Crippen molar-refractivity contribution in [2.45, 2.75) is 193 Å². The van der Waals surface area contributed by atoms with Crippen LogP contribution in [-0.4, -0.2) is 100 Å². The van der Waals surface area contributed by atoms with Crippen molar-refractivity contribution in [2.75, 3.05) is 59.3 Å². The first-order chi connectivity index (χ1) is 27.1. The predicted molar refractivity (Wildman–Crippen MR) is 220 cm³/mol. The van der Waals surface area contributed by atoms with Gasteiger partial charge in [0.15, 0.2) is 6.10 Å². The van der Waals surface area contributed by atoms with Crippen LogP contribution in [0.3, 0.4) is 0 Å². The third kappa shape index (κ3) is 38.2. The molecule has 0 aliphatic rings. The van der Waals surface area contributed by atoms with Crippen molar-refractivity contribution in [3.63, 3.8) is 0 Å². The Morgan fingerprint density at radius 2 is 0.911 bits per heavy atom. The molecule has 0 saturated carbocycles. The molecule has 0 saturated heterocycles. The van der Waals surface area contributed by atoms with E-state index in [4.69, 9.17) is 33.5 Å². The Kier molecular flexibility index (Phi) is 37.3. The lowest BCUT2D eigenvalue weighted by Crippen LogP contribution is -2.38. The molecule has 0 fully saturated rings. The number of nitrogens with one attached hydrogen (secondary N) is 2. The lowest BCUT2D eigenvalue weighted by Gasteiger charge is -2.22. The molecule has 2 amide bonds. The number of aliphatic hydroxyl groups is 1. The topological polar surface area (TPSA) is 168 Å². The summed E-state index contributed by atoms with van der Waals surface area (Å²) in [5, 5.41) is 14.3. The Labute approximate surface area is 339 Å². The minimum Gasteiger partial charge on any atom is -0.462 e. The van der Waals surface area contributed by atoms with E-state index in [1.807, 2.05) is 0 Å². The lowest BCUT2D eigenvalue weighted by atomic mass is 10.1. The van der Waals surface area contributed by atoms with Crippen LogP contribution in [0, 0.1) is 0 Å². The van der Waals surface area contributed by atoms with Crippen molar-refractivity contribution < 1.29 is 52.7 Å². The highest BCUT2D eigenvalue weighted by molar-refractivity contribution is 5.70. The van der Waals surface area contributed by atoms with Crippen LogP contribution in [0.1, 0.15) is 182 Å². The average Bonchev–Trinajstić information content (AvgIpc) is 3.17. The number of amides is 2. The zero-order chi connectivity index (χ0) is 41.4. The van der Waals surface area contributed by atoms with Gasteiger partial charge in [0, 0.05) is 25.9 Å². The van der Waals surface area contributed by atoms with E-state index in [-0.39, 0.29) is 71.7 Å². The number of hydrogen-bond acceptors (Lipinski definition) is 11. The fourth-order valence-electron chi connectivity index (χ4n) is 5.80. The maximum absolute atomic E-state index is 12.7. The van der Waals surface area contributed by atoms with Crippen molar-refractivity contribution in [2.24, 2.45) is 0 Å². The molecule has 1 atom stereocenters. The summed E-state index contributed by atoms with van der Waals surface area (Å²) < 4.78 is 32.2. The minimum absolute atomic E-state index is 0.172. The van der Waals surface area contributed by atoms with Crippen LogP contribution in [0.4, 0.5) is 9.59 Å². The monoisotopic (exact) mass is 803 g/mol. The fourth-order valence-corrected chi connectivity index (χ4v) is 5.80. The smallest absolute Gasteiger partial charge is 0.407 e. The molecule has 0 aromatic rings. The van der Waals surface area contributed by atoms with Crippen molar-refractivity contribution in [3.8, 4) is 0 Å². The Morgan fingerprint density at radius 3 is 1.36 bits per heavy atom. The fraction of sp³-hybridized carbons (Fsp3) is 0.907. The number of rotatable bonds is 40. The van der Waals surface area contributed by atoms with Crippen LogP contribution >= 0.6 is 0 Å². The lowest BCUT2D eigenvalue weighted by molar-refractivity contribution is -0.161. The molecule has 0 rings (SSSR count). The molecule has 13 heteroatoms. The van der Waals surface area contributed by atoms with Gasteiger partial charge >= 0.3 is 24.1 Å². The van der Waals surface area contributed by atoms with Gasteiger partial charge in [0.2, 0.25) is 0 Å². The molecule has 330 valence electrons.